The normalized spacial score (nSPS) is 14.0. The third-order valence-electron chi connectivity index (χ3n) is 3.68. The van der Waals surface area contributed by atoms with Crippen LogP contribution in [0.3, 0.4) is 0 Å². The molecule has 0 spiro atoms. The number of hydrogen-bond donors (Lipinski definition) is 1. The first-order valence-electron chi connectivity index (χ1n) is 7.54. The Kier molecular flexibility index (Phi) is 4.98. The molecule has 0 aliphatic carbocycles. The van der Waals surface area contributed by atoms with Gasteiger partial charge in [0, 0.05) is 19.6 Å². The summed E-state index contributed by atoms with van der Waals surface area (Å²) in [4.78, 5) is 25.1. The van der Waals surface area contributed by atoms with Crippen molar-refractivity contribution in [3.63, 3.8) is 0 Å². The van der Waals surface area contributed by atoms with Crippen molar-refractivity contribution >= 4 is 11.9 Å². The lowest BCUT2D eigenvalue weighted by Gasteiger charge is -2.24. The second kappa shape index (κ2) is 6.74. The summed E-state index contributed by atoms with van der Waals surface area (Å²) in [6.45, 7) is 5.72. The van der Waals surface area contributed by atoms with Gasteiger partial charge in [0.15, 0.2) is 0 Å². The zero-order chi connectivity index (χ0) is 15.4. The number of aryl methyl sites for hydroxylation is 1. The van der Waals surface area contributed by atoms with Crippen LogP contribution in [0.1, 0.15) is 49.2 Å². The van der Waals surface area contributed by atoms with Gasteiger partial charge in [0.05, 0.1) is 23.9 Å². The van der Waals surface area contributed by atoms with Crippen LogP contribution in [0.5, 0.6) is 0 Å². The summed E-state index contributed by atoms with van der Waals surface area (Å²) >= 11 is 0. The minimum absolute atomic E-state index is 0.0259. The Bertz CT molecular complexity index is 522. The van der Waals surface area contributed by atoms with Crippen LogP contribution in [-0.4, -0.2) is 44.8 Å². The Morgan fingerprint density at radius 1 is 1.43 bits per heavy atom. The Labute approximate surface area is 124 Å². The summed E-state index contributed by atoms with van der Waals surface area (Å²) < 4.78 is 1.90. The molecule has 1 aromatic rings. The van der Waals surface area contributed by atoms with E-state index in [2.05, 4.69) is 5.10 Å². The van der Waals surface area contributed by atoms with Gasteiger partial charge in [-0.25, -0.2) is 0 Å². The third-order valence-corrected chi connectivity index (χ3v) is 3.68. The minimum Gasteiger partial charge on any atom is -0.481 e. The van der Waals surface area contributed by atoms with E-state index in [9.17, 15) is 9.59 Å². The zero-order valence-corrected chi connectivity index (χ0v) is 12.7. The summed E-state index contributed by atoms with van der Waals surface area (Å²) in [6, 6.07) is 0. The van der Waals surface area contributed by atoms with Crippen molar-refractivity contribution in [1.82, 2.24) is 14.7 Å². The highest BCUT2D eigenvalue weighted by Gasteiger charge is 2.24. The number of fused-ring (bicyclic) bond motifs is 1. The van der Waals surface area contributed by atoms with E-state index in [4.69, 9.17) is 5.11 Å². The molecule has 0 unspecified atom stereocenters. The van der Waals surface area contributed by atoms with E-state index in [0.29, 0.717) is 18.0 Å². The topological polar surface area (TPSA) is 75.4 Å². The van der Waals surface area contributed by atoms with Crippen LogP contribution in [-0.2, 0) is 17.8 Å². The molecule has 1 aliphatic rings. The Balaban J connectivity index is 2.16. The first kappa shape index (κ1) is 15.5. The molecular weight excluding hydrogens is 270 g/mol. The fourth-order valence-electron chi connectivity index (χ4n) is 2.72. The van der Waals surface area contributed by atoms with Crippen molar-refractivity contribution in [2.24, 2.45) is 5.92 Å². The number of carboxylic acids is 1. The van der Waals surface area contributed by atoms with Gasteiger partial charge < -0.3 is 10.0 Å². The maximum absolute atomic E-state index is 12.7. The monoisotopic (exact) mass is 293 g/mol. The van der Waals surface area contributed by atoms with Gasteiger partial charge in [-0.15, -0.1) is 0 Å². The molecule has 1 aromatic heterocycles. The van der Waals surface area contributed by atoms with Crippen LogP contribution < -0.4 is 0 Å². The lowest BCUT2D eigenvalue weighted by Crippen LogP contribution is -2.36. The fraction of sp³-hybridized carbons (Fsp3) is 0.667. The largest absolute Gasteiger partial charge is 0.481 e. The number of carbonyl (C=O) groups is 2. The van der Waals surface area contributed by atoms with E-state index in [1.165, 1.54) is 0 Å². The quantitative estimate of drug-likeness (QED) is 0.867. The average molecular weight is 293 g/mol. The van der Waals surface area contributed by atoms with Crippen LogP contribution in [0.25, 0.3) is 0 Å². The van der Waals surface area contributed by atoms with Gasteiger partial charge in [-0.2, -0.15) is 5.10 Å². The second-order valence-corrected chi connectivity index (χ2v) is 5.97. The lowest BCUT2D eigenvalue weighted by atomic mass is 10.1. The van der Waals surface area contributed by atoms with Gasteiger partial charge in [0.2, 0.25) is 0 Å². The molecule has 21 heavy (non-hydrogen) atoms. The molecule has 116 valence electrons. The number of nitrogens with zero attached hydrogens (tertiary/aromatic N) is 3. The standard InChI is InChI=1S/C15H23N3O3/c1-11(2)10-17(8-6-14(19)20)15(21)12-9-16-18-7-4-3-5-13(12)18/h9,11H,3-8,10H2,1-2H3,(H,19,20). The predicted molar refractivity (Wildman–Crippen MR) is 78.2 cm³/mol. The maximum atomic E-state index is 12.7. The molecule has 1 N–H and O–H groups in total. The zero-order valence-electron chi connectivity index (χ0n) is 12.7. The third kappa shape index (κ3) is 3.83. The summed E-state index contributed by atoms with van der Waals surface area (Å²) in [6.07, 6.45) is 4.65. The number of carboxylic acid groups (broad SMARTS) is 1. The molecule has 1 amide bonds. The molecule has 1 aliphatic heterocycles. The van der Waals surface area contributed by atoms with Gasteiger partial charge >= 0.3 is 5.97 Å². The van der Waals surface area contributed by atoms with E-state index in [-0.39, 0.29) is 18.9 Å². The minimum atomic E-state index is -0.881. The van der Waals surface area contributed by atoms with Crippen molar-refractivity contribution in [3.8, 4) is 0 Å². The number of carbonyl (C=O) groups excluding carboxylic acids is 1. The van der Waals surface area contributed by atoms with Gasteiger partial charge in [0.25, 0.3) is 5.91 Å². The molecule has 0 radical (unpaired) electrons. The number of aliphatic carboxylic acids is 1. The first-order chi connectivity index (χ1) is 9.99. The first-order valence-corrected chi connectivity index (χ1v) is 7.54. The molecule has 0 saturated carbocycles. The van der Waals surface area contributed by atoms with Crippen LogP contribution >= 0.6 is 0 Å². The number of aromatic nitrogens is 2. The molecule has 0 fully saturated rings. The fourth-order valence-corrected chi connectivity index (χ4v) is 2.72. The Morgan fingerprint density at radius 3 is 2.86 bits per heavy atom. The Hall–Kier alpha value is -1.85. The molecule has 6 nitrogen and oxygen atoms in total. The smallest absolute Gasteiger partial charge is 0.305 e. The highest BCUT2D eigenvalue weighted by atomic mass is 16.4. The summed E-state index contributed by atoms with van der Waals surface area (Å²) in [7, 11) is 0. The van der Waals surface area contributed by atoms with Gasteiger partial charge in [-0.3, -0.25) is 14.3 Å². The van der Waals surface area contributed by atoms with Crippen LogP contribution in [0, 0.1) is 5.92 Å². The highest BCUT2D eigenvalue weighted by Crippen LogP contribution is 2.20. The summed E-state index contributed by atoms with van der Waals surface area (Å²) in [5.74, 6) is -0.671. The van der Waals surface area contributed by atoms with Crippen LogP contribution in [0.4, 0.5) is 0 Å². The SMILES string of the molecule is CC(C)CN(CCC(=O)O)C(=O)c1cnn2c1CCCC2. The molecule has 2 rings (SSSR count). The van der Waals surface area contributed by atoms with E-state index >= 15 is 0 Å². The van der Waals surface area contributed by atoms with Gasteiger partial charge in [0.1, 0.15) is 0 Å². The number of rotatable bonds is 6. The summed E-state index contributed by atoms with van der Waals surface area (Å²) in [5, 5.41) is 13.1. The lowest BCUT2D eigenvalue weighted by molar-refractivity contribution is -0.137. The number of amides is 1. The van der Waals surface area contributed by atoms with Crippen molar-refractivity contribution in [1.29, 1.82) is 0 Å². The van der Waals surface area contributed by atoms with Crippen LogP contribution in [0.2, 0.25) is 0 Å². The van der Waals surface area contributed by atoms with Crippen LogP contribution in [0.15, 0.2) is 6.20 Å². The van der Waals surface area contributed by atoms with E-state index in [0.717, 1.165) is 31.5 Å². The highest BCUT2D eigenvalue weighted by molar-refractivity contribution is 5.95. The van der Waals surface area contributed by atoms with E-state index in [1.807, 2.05) is 18.5 Å². The molecule has 0 bridgehead atoms. The molecule has 0 aromatic carbocycles. The van der Waals surface area contributed by atoms with Gasteiger partial charge in [-0.1, -0.05) is 13.8 Å². The summed E-state index contributed by atoms with van der Waals surface area (Å²) in [5.41, 5.74) is 1.64. The molecular formula is C15H23N3O3. The molecule has 6 heteroatoms. The maximum Gasteiger partial charge on any atom is 0.305 e. The second-order valence-electron chi connectivity index (χ2n) is 5.97. The van der Waals surface area contributed by atoms with E-state index < -0.39 is 5.97 Å². The molecule has 0 atom stereocenters. The van der Waals surface area contributed by atoms with Crippen molar-refractivity contribution in [3.05, 3.63) is 17.5 Å². The molecule has 2 heterocycles. The van der Waals surface area contributed by atoms with Crippen molar-refractivity contribution in [2.75, 3.05) is 13.1 Å². The van der Waals surface area contributed by atoms with Gasteiger partial charge in [-0.05, 0) is 25.2 Å². The van der Waals surface area contributed by atoms with Crippen molar-refractivity contribution < 1.29 is 14.7 Å². The predicted octanol–water partition coefficient (Wildman–Crippen LogP) is 1.79. The number of hydrogen-bond acceptors (Lipinski definition) is 3. The van der Waals surface area contributed by atoms with E-state index in [1.54, 1.807) is 11.1 Å². The molecule has 0 saturated heterocycles. The average Bonchev–Trinajstić information content (AvgIpc) is 2.86. The Morgan fingerprint density at radius 2 is 2.19 bits per heavy atom. The van der Waals surface area contributed by atoms with Crippen molar-refractivity contribution in [2.45, 2.75) is 46.1 Å².